The largest absolute Gasteiger partial charge is 0.370 e. The SMILES string of the molecule is O=C(Cc1ccc(Cl)cc1)NCC1CCN(c2cccnc2)CC1. The van der Waals surface area contributed by atoms with Crippen LogP contribution in [0.15, 0.2) is 48.8 Å². The lowest BCUT2D eigenvalue weighted by Crippen LogP contribution is -2.39. The first-order valence-corrected chi connectivity index (χ1v) is 8.74. The van der Waals surface area contributed by atoms with Crippen LogP contribution in [0.4, 0.5) is 5.69 Å². The summed E-state index contributed by atoms with van der Waals surface area (Å²) in [6.45, 7) is 2.79. The maximum atomic E-state index is 12.1. The highest BCUT2D eigenvalue weighted by molar-refractivity contribution is 6.30. The Morgan fingerprint density at radius 2 is 1.96 bits per heavy atom. The molecule has 1 aliphatic heterocycles. The van der Waals surface area contributed by atoms with Crippen molar-refractivity contribution in [2.75, 3.05) is 24.5 Å². The Morgan fingerprint density at radius 1 is 1.21 bits per heavy atom. The summed E-state index contributed by atoms with van der Waals surface area (Å²) >= 11 is 5.86. The van der Waals surface area contributed by atoms with Crippen molar-refractivity contribution in [3.05, 3.63) is 59.4 Å². The third-order valence-corrected chi connectivity index (χ3v) is 4.74. The van der Waals surface area contributed by atoms with Gasteiger partial charge >= 0.3 is 0 Å². The number of piperidine rings is 1. The van der Waals surface area contributed by atoms with Gasteiger partial charge in [0, 0.05) is 30.9 Å². The van der Waals surface area contributed by atoms with Gasteiger partial charge in [-0.3, -0.25) is 9.78 Å². The smallest absolute Gasteiger partial charge is 0.224 e. The standard InChI is InChI=1S/C19H22ClN3O/c20-17-5-3-15(4-6-17)12-19(24)22-13-16-7-10-23(11-8-16)18-2-1-9-21-14-18/h1-6,9,14,16H,7-8,10-13H2,(H,22,24). The molecule has 24 heavy (non-hydrogen) atoms. The molecule has 1 saturated heterocycles. The summed E-state index contributed by atoms with van der Waals surface area (Å²) in [6.07, 6.45) is 6.30. The summed E-state index contributed by atoms with van der Waals surface area (Å²) in [5.41, 5.74) is 2.17. The minimum Gasteiger partial charge on any atom is -0.370 e. The van der Waals surface area contributed by atoms with Crippen molar-refractivity contribution in [2.24, 2.45) is 5.92 Å². The summed E-state index contributed by atoms with van der Waals surface area (Å²) in [4.78, 5) is 18.6. The molecule has 1 fully saturated rings. The molecular weight excluding hydrogens is 322 g/mol. The first kappa shape index (κ1) is 16.8. The normalized spacial score (nSPS) is 15.3. The Bertz CT molecular complexity index is 652. The molecule has 0 bridgehead atoms. The first-order chi connectivity index (χ1) is 11.7. The second-order valence-electron chi connectivity index (χ2n) is 6.25. The van der Waals surface area contributed by atoms with Gasteiger partial charge in [0.2, 0.25) is 5.91 Å². The van der Waals surface area contributed by atoms with Crippen LogP contribution in [0.25, 0.3) is 0 Å². The molecule has 0 unspecified atom stereocenters. The van der Waals surface area contributed by atoms with E-state index in [9.17, 15) is 4.79 Å². The monoisotopic (exact) mass is 343 g/mol. The molecule has 0 aliphatic carbocycles. The number of pyridine rings is 1. The van der Waals surface area contributed by atoms with E-state index in [1.807, 2.05) is 36.5 Å². The van der Waals surface area contributed by atoms with Gasteiger partial charge in [0.25, 0.3) is 0 Å². The molecule has 1 aromatic heterocycles. The van der Waals surface area contributed by atoms with Crippen LogP contribution in [-0.2, 0) is 11.2 Å². The lowest BCUT2D eigenvalue weighted by atomic mass is 9.96. The number of anilines is 1. The molecule has 0 spiro atoms. The highest BCUT2D eigenvalue weighted by atomic mass is 35.5. The molecule has 1 aromatic carbocycles. The van der Waals surface area contributed by atoms with Crippen LogP contribution in [0, 0.1) is 5.92 Å². The third-order valence-electron chi connectivity index (χ3n) is 4.49. The van der Waals surface area contributed by atoms with Gasteiger partial charge in [-0.15, -0.1) is 0 Å². The first-order valence-electron chi connectivity index (χ1n) is 8.37. The fourth-order valence-electron chi connectivity index (χ4n) is 3.04. The van der Waals surface area contributed by atoms with E-state index < -0.39 is 0 Å². The van der Waals surface area contributed by atoms with Gasteiger partial charge in [0.05, 0.1) is 18.3 Å². The zero-order chi connectivity index (χ0) is 16.8. The summed E-state index contributed by atoms with van der Waals surface area (Å²) in [7, 11) is 0. The van der Waals surface area contributed by atoms with Gasteiger partial charge < -0.3 is 10.2 Å². The molecule has 1 amide bonds. The number of carbonyl (C=O) groups excluding carboxylic acids is 1. The fraction of sp³-hybridized carbons (Fsp3) is 0.368. The molecule has 4 nitrogen and oxygen atoms in total. The van der Waals surface area contributed by atoms with Crippen LogP contribution in [0.2, 0.25) is 5.02 Å². The molecule has 1 N–H and O–H groups in total. The molecule has 2 aromatic rings. The van der Waals surface area contributed by atoms with Crippen LogP contribution in [-0.4, -0.2) is 30.5 Å². The van der Waals surface area contributed by atoms with Crippen LogP contribution >= 0.6 is 11.6 Å². The topological polar surface area (TPSA) is 45.2 Å². The van der Waals surface area contributed by atoms with E-state index >= 15 is 0 Å². The van der Waals surface area contributed by atoms with Gasteiger partial charge in [-0.2, -0.15) is 0 Å². The number of nitrogens with zero attached hydrogens (tertiary/aromatic N) is 2. The van der Waals surface area contributed by atoms with Crippen molar-refractivity contribution in [2.45, 2.75) is 19.3 Å². The van der Waals surface area contributed by atoms with Gasteiger partial charge in [-0.05, 0) is 48.6 Å². The second kappa shape index (κ2) is 8.15. The van der Waals surface area contributed by atoms with E-state index in [0.29, 0.717) is 17.4 Å². The van der Waals surface area contributed by atoms with Crippen LogP contribution < -0.4 is 10.2 Å². The van der Waals surface area contributed by atoms with Crippen molar-refractivity contribution in [1.29, 1.82) is 0 Å². The van der Waals surface area contributed by atoms with Crippen molar-refractivity contribution < 1.29 is 4.79 Å². The third kappa shape index (κ3) is 4.71. The summed E-state index contributed by atoms with van der Waals surface area (Å²) in [5.74, 6) is 0.624. The molecule has 0 radical (unpaired) electrons. The van der Waals surface area contributed by atoms with E-state index in [4.69, 9.17) is 11.6 Å². The number of hydrogen-bond donors (Lipinski definition) is 1. The predicted molar refractivity (Wildman–Crippen MR) is 97.3 cm³/mol. The van der Waals surface area contributed by atoms with Crippen molar-refractivity contribution in [3.8, 4) is 0 Å². The maximum absolute atomic E-state index is 12.1. The number of nitrogens with one attached hydrogen (secondary N) is 1. The number of halogens is 1. The number of hydrogen-bond acceptors (Lipinski definition) is 3. The van der Waals surface area contributed by atoms with Gasteiger partial charge in [-0.25, -0.2) is 0 Å². The summed E-state index contributed by atoms with van der Waals surface area (Å²) in [5, 5.41) is 3.76. The molecule has 5 heteroatoms. The molecular formula is C19H22ClN3O. The lowest BCUT2D eigenvalue weighted by molar-refractivity contribution is -0.120. The average molecular weight is 344 g/mol. The van der Waals surface area contributed by atoms with Crippen LogP contribution in [0.1, 0.15) is 18.4 Å². The fourth-order valence-corrected chi connectivity index (χ4v) is 3.17. The van der Waals surface area contributed by atoms with Gasteiger partial charge in [0.15, 0.2) is 0 Å². The minimum atomic E-state index is 0.0759. The van der Waals surface area contributed by atoms with Gasteiger partial charge in [0.1, 0.15) is 0 Å². The molecule has 126 valence electrons. The highest BCUT2D eigenvalue weighted by Gasteiger charge is 2.20. The summed E-state index contributed by atoms with van der Waals surface area (Å²) < 4.78 is 0. The van der Waals surface area contributed by atoms with Crippen molar-refractivity contribution >= 4 is 23.2 Å². The zero-order valence-electron chi connectivity index (χ0n) is 13.6. The quantitative estimate of drug-likeness (QED) is 0.906. The number of carbonyl (C=O) groups is 1. The zero-order valence-corrected chi connectivity index (χ0v) is 14.4. The number of amides is 1. The lowest BCUT2D eigenvalue weighted by Gasteiger charge is -2.33. The minimum absolute atomic E-state index is 0.0759. The van der Waals surface area contributed by atoms with Crippen LogP contribution in [0.5, 0.6) is 0 Å². The maximum Gasteiger partial charge on any atom is 0.224 e. The van der Waals surface area contributed by atoms with E-state index in [1.165, 1.54) is 5.69 Å². The average Bonchev–Trinajstić information content (AvgIpc) is 2.63. The van der Waals surface area contributed by atoms with Crippen molar-refractivity contribution in [3.63, 3.8) is 0 Å². The van der Waals surface area contributed by atoms with Crippen molar-refractivity contribution in [1.82, 2.24) is 10.3 Å². The Kier molecular flexibility index (Phi) is 5.70. The number of aromatic nitrogens is 1. The Labute approximate surface area is 147 Å². The number of rotatable bonds is 5. The van der Waals surface area contributed by atoms with E-state index in [-0.39, 0.29) is 5.91 Å². The highest BCUT2D eigenvalue weighted by Crippen LogP contribution is 2.22. The Morgan fingerprint density at radius 3 is 2.62 bits per heavy atom. The van der Waals surface area contributed by atoms with E-state index in [1.54, 1.807) is 6.20 Å². The van der Waals surface area contributed by atoms with Gasteiger partial charge in [-0.1, -0.05) is 23.7 Å². The summed E-state index contributed by atoms with van der Waals surface area (Å²) in [6, 6.07) is 11.5. The predicted octanol–water partition coefficient (Wildman–Crippen LogP) is 3.31. The second-order valence-corrected chi connectivity index (χ2v) is 6.69. The molecule has 1 aliphatic rings. The molecule has 2 heterocycles. The van der Waals surface area contributed by atoms with Crippen LogP contribution in [0.3, 0.4) is 0 Å². The molecule has 0 saturated carbocycles. The van der Waals surface area contributed by atoms with E-state index in [2.05, 4.69) is 21.3 Å². The molecule has 3 rings (SSSR count). The Balaban J connectivity index is 1.40. The Hall–Kier alpha value is -2.07. The molecule has 0 atom stereocenters. The van der Waals surface area contributed by atoms with E-state index in [0.717, 1.165) is 38.0 Å². The number of benzene rings is 1.